The van der Waals surface area contributed by atoms with Crippen LogP contribution in [0.1, 0.15) is 42.4 Å². The molecule has 4 atom stereocenters. The zero-order valence-corrected chi connectivity index (χ0v) is 21.6. The van der Waals surface area contributed by atoms with Crippen molar-refractivity contribution in [2.45, 2.75) is 55.7 Å². The highest BCUT2D eigenvalue weighted by Gasteiger charge is 2.66. The van der Waals surface area contributed by atoms with Crippen LogP contribution >= 0.6 is 0 Å². The first-order valence-electron chi connectivity index (χ1n) is 13.6. The number of nitrogens with zero attached hydrogens (tertiary/aromatic N) is 3. The first kappa shape index (κ1) is 24.6. The quantitative estimate of drug-likeness (QED) is 0.667. The second-order valence-corrected chi connectivity index (χ2v) is 11.7. The van der Waals surface area contributed by atoms with E-state index in [9.17, 15) is 19.8 Å². The molecule has 2 aromatic carbocycles. The highest BCUT2D eigenvalue weighted by molar-refractivity contribution is 5.89. The summed E-state index contributed by atoms with van der Waals surface area (Å²) < 4.78 is 0. The topological polar surface area (TPSA) is 84.3 Å². The third-order valence-electron chi connectivity index (χ3n) is 9.71. The van der Waals surface area contributed by atoms with E-state index in [2.05, 4.69) is 21.9 Å². The lowest BCUT2D eigenvalue weighted by Crippen LogP contribution is -2.73. The second-order valence-electron chi connectivity index (χ2n) is 11.7. The number of phenols is 1. The predicted octanol–water partition coefficient (Wildman–Crippen LogP) is 2.33. The molecule has 4 aliphatic rings. The number of Topliss-reactive ketones (excluding diaryl/α,β-unsaturated/α-hetero) is 1. The molecule has 0 radical (unpaired) electrons. The first-order valence-corrected chi connectivity index (χ1v) is 13.6. The molecule has 0 aromatic heterocycles. The molecule has 1 amide bonds. The lowest BCUT2D eigenvalue weighted by Gasteiger charge is -2.63. The molecule has 7 heteroatoms. The van der Waals surface area contributed by atoms with E-state index in [-0.39, 0.29) is 36.3 Å². The van der Waals surface area contributed by atoms with Crippen molar-refractivity contribution in [1.29, 1.82) is 0 Å². The van der Waals surface area contributed by atoms with E-state index in [1.165, 1.54) is 5.56 Å². The van der Waals surface area contributed by atoms with Gasteiger partial charge in [0, 0.05) is 62.9 Å². The number of fused-ring (bicyclic) bond motifs is 1. The number of ketones is 1. The van der Waals surface area contributed by atoms with Crippen molar-refractivity contribution in [1.82, 2.24) is 14.7 Å². The number of hydrogen-bond acceptors (Lipinski definition) is 6. The maximum Gasteiger partial charge on any atom is 0.223 e. The Kier molecular flexibility index (Phi) is 6.13. The van der Waals surface area contributed by atoms with Crippen LogP contribution in [0.5, 0.6) is 5.75 Å². The zero-order valence-electron chi connectivity index (χ0n) is 21.6. The predicted molar refractivity (Wildman–Crippen MR) is 140 cm³/mol. The highest BCUT2D eigenvalue weighted by atomic mass is 16.3. The van der Waals surface area contributed by atoms with Gasteiger partial charge in [0.2, 0.25) is 5.91 Å². The Morgan fingerprint density at radius 1 is 1.05 bits per heavy atom. The number of hydrogen-bond donors (Lipinski definition) is 2. The summed E-state index contributed by atoms with van der Waals surface area (Å²) in [6.07, 6.45) is 2.05. The lowest BCUT2D eigenvalue weighted by atomic mass is 9.47. The third kappa shape index (κ3) is 4.08. The minimum absolute atomic E-state index is 0.0182. The van der Waals surface area contributed by atoms with Gasteiger partial charge in [-0.2, -0.15) is 0 Å². The number of phenolic OH excluding ortho intramolecular Hbond substituents is 1. The maximum absolute atomic E-state index is 13.6. The van der Waals surface area contributed by atoms with Crippen molar-refractivity contribution >= 4 is 11.7 Å². The third-order valence-corrected chi connectivity index (χ3v) is 9.71. The minimum atomic E-state index is -1.10. The number of aromatic hydroxyl groups is 1. The Morgan fingerprint density at radius 2 is 1.81 bits per heavy atom. The fourth-order valence-electron chi connectivity index (χ4n) is 7.63. The Balaban J connectivity index is 1.16. The molecule has 2 aliphatic heterocycles. The summed E-state index contributed by atoms with van der Waals surface area (Å²) in [5.41, 5.74) is 1.50. The maximum atomic E-state index is 13.6. The Morgan fingerprint density at radius 3 is 2.57 bits per heavy atom. The molecule has 2 aromatic rings. The second kappa shape index (κ2) is 9.22. The standard InChI is InChI=1S/C30H37N3O4/c1-31-10-9-29-19-26(35)23(18-30(29,37)27(31)15-22-7-8-24(34)17-25(22)29)16-28(36)33-13-11-32(12-14-33)20-21-5-3-2-4-6-21/h2-8,17,23,27,34,37H,9-16,18-20H2,1H3. The molecule has 7 nitrogen and oxygen atoms in total. The Labute approximate surface area is 218 Å². The summed E-state index contributed by atoms with van der Waals surface area (Å²) in [5.74, 6) is -0.213. The van der Waals surface area contributed by atoms with Crippen LogP contribution < -0.4 is 0 Å². The van der Waals surface area contributed by atoms with Crippen molar-refractivity contribution in [3.63, 3.8) is 0 Å². The van der Waals surface area contributed by atoms with Crippen LogP contribution in [0.25, 0.3) is 0 Å². The van der Waals surface area contributed by atoms with E-state index < -0.39 is 16.9 Å². The number of carbonyl (C=O) groups is 2. The molecule has 4 unspecified atom stereocenters. The zero-order chi connectivity index (χ0) is 25.8. The average molecular weight is 504 g/mol. The van der Waals surface area contributed by atoms with E-state index in [1.54, 1.807) is 12.1 Å². The van der Waals surface area contributed by atoms with E-state index in [4.69, 9.17) is 0 Å². The van der Waals surface area contributed by atoms with Crippen molar-refractivity contribution in [2.24, 2.45) is 5.92 Å². The van der Waals surface area contributed by atoms with Gasteiger partial charge in [-0.15, -0.1) is 0 Å². The van der Waals surface area contributed by atoms with E-state index in [1.807, 2.05) is 36.2 Å². The summed E-state index contributed by atoms with van der Waals surface area (Å²) in [4.78, 5) is 33.4. The molecule has 3 fully saturated rings. The number of piperidine rings is 1. The molecular formula is C30H37N3O4. The number of amides is 1. The molecule has 2 N–H and O–H groups in total. The molecule has 2 saturated heterocycles. The largest absolute Gasteiger partial charge is 0.508 e. The van der Waals surface area contributed by atoms with E-state index >= 15 is 0 Å². The van der Waals surface area contributed by atoms with Gasteiger partial charge in [0.05, 0.1) is 5.60 Å². The van der Waals surface area contributed by atoms with Gasteiger partial charge in [0.25, 0.3) is 0 Å². The van der Waals surface area contributed by atoms with Gasteiger partial charge < -0.3 is 20.0 Å². The van der Waals surface area contributed by atoms with Gasteiger partial charge in [-0.3, -0.25) is 14.5 Å². The van der Waals surface area contributed by atoms with Crippen LogP contribution in [0.4, 0.5) is 0 Å². The fourth-order valence-corrected chi connectivity index (χ4v) is 7.63. The summed E-state index contributed by atoms with van der Waals surface area (Å²) in [7, 11) is 2.05. The summed E-state index contributed by atoms with van der Waals surface area (Å²) in [6.45, 7) is 4.65. The molecule has 6 rings (SSSR count). The fraction of sp³-hybridized carbons (Fsp3) is 0.533. The summed E-state index contributed by atoms with van der Waals surface area (Å²) in [5, 5.41) is 22.6. The van der Waals surface area contributed by atoms with Crippen molar-refractivity contribution in [3.05, 3.63) is 65.2 Å². The first-order chi connectivity index (χ1) is 17.8. The van der Waals surface area contributed by atoms with Crippen LogP contribution in [-0.2, 0) is 28.0 Å². The van der Waals surface area contributed by atoms with Crippen LogP contribution in [0, 0.1) is 5.92 Å². The van der Waals surface area contributed by atoms with Gasteiger partial charge in [-0.1, -0.05) is 36.4 Å². The number of aliphatic hydroxyl groups is 1. The molecule has 2 aliphatic carbocycles. The van der Waals surface area contributed by atoms with Crippen LogP contribution in [0.15, 0.2) is 48.5 Å². The van der Waals surface area contributed by atoms with Gasteiger partial charge >= 0.3 is 0 Å². The number of rotatable bonds is 4. The molecular weight excluding hydrogens is 466 g/mol. The number of likely N-dealkylation sites (N-methyl/N-ethyl adjacent to an activating group) is 1. The SMILES string of the molecule is CN1CCC23CC(=O)C(CC(=O)N4CCN(Cc5ccccc5)CC4)CC2(O)C1Cc1ccc(O)cc13. The summed E-state index contributed by atoms with van der Waals surface area (Å²) >= 11 is 0. The molecule has 0 spiro atoms. The Bertz CT molecular complexity index is 1190. The summed E-state index contributed by atoms with van der Waals surface area (Å²) in [6, 6.07) is 15.7. The smallest absolute Gasteiger partial charge is 0.223 e. The van der Waals surface area contributed by atoms with Gasteiger partial charge in [-0.05, 0) is 61.7 Å². The van der Waals surface area contributed by atoms with Crippen molar-refractivity contribution in [2.75, 3.05) is 39.8 Å². The minimum Gasteiger partial charge on any atom is -0.508 e. The molecule has 196 valence electrons. The highest BCUT2D eigenvalue weighted by Crippen LogP contribution is 2.58. The van der Waals surface area contributed by atoms with E-state index in [0.717, 1.165) is 37.3 Å². The monoisotopic (exact) mass is 503 g/mol. The molecule has 2 heterocycles. The van der Waals surface area contributed by atoms with Crippen molar-refractivity contribution in [3.8, 4) is 5.75 Å². The molecule has 37 heavy (non-hydrogen) atoms. The van der Waals surface area contributed by atoms with Gasteiger partial charge in [0.15, 0.2) is 0 Å². The van der Waals surface area contributed by atoms with Crippen LogP contribution in [0.2, 0.25) is 0 Å². The average Bonchev–Trinajstić information content (AvgIpc) is 2.88. The molecule has 2 bridgehead atoms. The molecule has 1 saturated carbocycles. The number of benzene rings is 2. The number of piperazine rings is 1. The number of carbonyl (C=O) groups excluding carboxylic acids is 2. The number of likely N-dealkylation sites (tertiary alicyclic amines) is 1. The van der Waals surface area contributed by atoms with Crippen LogP contribution in [-0.4, -0.2) is 88.0 Å². The normalized spacial score (nSPS) is 32.1. The van der Waals surface area contributed by atoms with Crippen molar-refractivity contribution < 1.29 is 19.8 Å². The van der Waals surface area contributed by atoms with Gasteiger partial charge in [0.1, 0.15) is 11.5 Å². The van der Waals surface area contributed by atoms with Crippen LogP contribution in [0.3, 0.4) is 0 Å². The Hall–Kier alpha value is -2.74. The van der Waals surface area contributed by atoms with E-state index in [0.29, 0.717) is 32.4 Å². The lowest BCUT2D eigenvalue weighted by molar-refractivity contribution is -0.179. The van der Waals surface area contributed by atoms with Gasteiger partial charge in [-0.25, -0.2) is 0 Å².